The van der Waals surface area contributed by atoms with E-state index in [1.54, 1.807) is 24.3 Å². The van der Waals surface area contributed by atoms with Crippen LogP contribution in [0.1, 0.15) is 24.0 Å². The van der Waals surface area contributed by atoms with Crippen LogP contribution in [-0.4, -0.2) is 0 Å². The molecule has 5 rings (SSSR count). The number of hydrogen-bond acceptors (Lipinski definition) is 2. The zero-order valence-electron chi connectivity index (χ0n) is 14.4. The highest BCUT2D eigenvalue weighted by atomic mass is 16.5. The van der Waals surface area contributed by atoms with Crippen LogP contribution in [0.2, 0.25) is 0 Å². The predicted molar refractivity (Wildman–Crippen MR) is 101 cm³/mol. The van der Waals surface area contributed by atoms with Crippen molar-refractivity contribution in [1.82, 2.24) is 0 Å². The fraction of sp³-hybridized carbons (Fsp3) is 0.182. The quantitative estimate of drug-likeness (QED) is 0.838. The third-order valence-electron chi connectivity index (χ3n) is 5.63. The van der Waals surface area contributed by atoms with Gasteiger partial charge < -0.3 is 20.5 Å². The average molecular weight is 344 g/mol. The monoisotopic (exact) mass is 344 g/mol. The largest absolute Gasteiger partial charge is 0.623 e. The van der Waals surface area contributed by atoms with E-state index in [4.69, 9.17) is 0 Å². The zero-order chi connectivity index (χ0) is 17.7. The third-order valence-corrected chi connectivity index (χ3v) is 5.63. The maximum Gasteiger partial charge on any atom is 0.142 e. The van der Waals surface area contributed by atoms with Crippen molar-refractivity contribution in [3.63, 3.8) is 0 Å². The Morgan fingerprint density at radius 3 is 2.08 bits per heavy atom. The highest BCUT2D eigenvalue weighted by Gasteiger charge is 2.21. The maximum absolute atomic E-state index is 12.9. The number of rotatable bonds is 4. The summed E-state index contributed by atoms with van der Waals surface area (Å²) in [5.74, 6) is 0. The first-order chi connectivity index (χ1) is 12.7. The minimum atomic E-state index is -0.0189. The van der Waals surface area contributed by atoms with Crippen LogP contribution >= 0.6 is 0 Å². The van der Waals surface area contributed by atoms with E-state index < -0.39 is 0 Å². The molecule has 3 aliphatic carbocycles. The molecule has 0 saturated carbocycles. The van der Waals surface area contributed by atoms with Crippen LogP contribution in [0.25, 0.3) is 0 Å². The maximum atomic E-state index is 12.9. The van der Waals surface area contributed by atoms with Crippen LogP contribution in [0.4, 0.5) is 17.1 Å². The van der Waals surface area contributed by atoms with Gasteiger partial charge in [-0.3, -0.25) is 0 Å². The molecule has 130 valence electrons. The van der Waals surface area contributed by atoms with Crippen molar-refractivity contribution in [2.24, 2.45) is 0 Å². The van der Waals surface area contributed by atoms with E-state index in [0.717, 1.165) is 31.4 Å². The summed E-state index contributed by atoms with van der Waals surface area (Å²) in [5, 5.41) is 25.7. The Balaban J connectivity index is 1.41. The highest BCUT2D eigenvalue weighted by molar-refractivity contribution is 5.51. The molecule has 0 spiro atoms. The van der Waals surface area contributed by atoms with Gasteiger partial charge in [0.05, 0.1) is 6.07 Å². The molecular formula is C22H20N2O2. The summed E-state index contributed by atoms with van der Waals surface area (Å²) in [5.41, 5.74) is 7.81. The highest BCUT2D eigenvalue weighted by Crippen LogP contribution is 2.33. The first-order valence-corrected chi connectivity index (χ1v) is 9.10. The Morgan fingerprint density at radius 2 is 1.42 bits per heavy atom. The minimum Gasteiger partial charge on any atom is -0.623 e. The normalized spacial score (nSPS) is 19.7. The Hall–Kier alpha value is -2.50. The standard InChI is InChI=1S/C22H20N2O2/c25-23(21-10-8-15-4-6-17(15)12-21)19-2-1-3-20(14-19)24(26)22-11-9-16-5-7-18(16)13-22/h1-4,9-14,23-24H,5-8H2. The van der Waals surface area contributed by atoms with Gasteiger partial charge in [-0.25, -0.2) is 0 Å². The third kappa shape index (κ3) is 2.55. The molecule has 4 nitrogen and oxygen atoms in total. The number of hydrogen-bond donors (Lipinski definition) is 2. The Labute approximate surface area is 152 Å². The van der Waals surface area contributed by atoms with Crippen molar-refractivity contribution in [3.8, 4) is 0 Å². The lowest BCUT2D eigenvalue weighted by Crippen LogP contribution is -3.00. The second-order valence-corrected chi connectivity index (χ2v) is 7.19. The van der Waals surface area contributed by atoms with Gasteiger partial charge in [0.1, 0.15) is 22.8 Å². The van der Waals surface area contributed by atoms with Crippen LogP contribution in [0.15, 0.2) is 77.5 Å². The molecule has 0 heterocycles. The second-order valence-electron chi connectivity index (χ2n) is 7.19. The van der Waals surface area contributed by atoms with Crippen LogP contribution in [0, 0.1) is 10.4 Å². The summed E-state index contributed by atoms with van der Waals surface area (Å²) in [7, 11) is 0. The summed E-state index contributed by atoms with van der Waals surface area (Å²) in [6.07, 6.45) is 10.1. The van der Waals surface area contributed by atoms with E-state index in [0.29, 0.717) is 17.1 Å². The topological polar surface area (TPSA) is 55.0 Å². The smallest absolute Gasteiger partial charge is 0.142 e. The molecule has 0 fully saturated rings. The summed E-state index contributed by atoms with van der Waals surface area (Å²) >= 11 is 0. The molecule has 26 heavy (non-hydrogen) atoms. The van der Waals surface area contributed by atoms with Gasteiger partial charge in [0.2, 0.25) is 0 Å². The van der Waals surface area contributed by atoms with Crippen LogP contribution in [0.3, 0.4) is 0 Å². The molecule has 2 aromatic rings. The van der Waals surface area contributed by atoms with E-state index in [-0.39, 0.29) is 10.1 Å². The molecule has 0 saturated heterocycles. The van der Waals surface area contributed by atoms with Crippen molar-refractivity contribution in [3.05, 3.63) is 99.1 Å². The molecule has 2 aromatic carbocycles. The molecular weight excluding hydrogens is 324 g/mol. The lowest BCUT2D eigenvalue weighted by atomic mass is 9.85. The molecule has 0 bridgehead atoms. The van der Waals surface area contributed by atoms with E-state index in [2.05, 4.69) is 6.08 Å². The number of fused-ring (bicyclic) bond motifs is 2. The summed E-state index contributed by atoms with van der Waals surface area (Å²) in [6, 6.07) is 13.1. The average Bonchev–Trinajstić information content (AvgIpc) is 2.63. The fourth-order valence-corrected chi connectivity index (χ4v) is 3.83. The number of hydroxylamine groups is 1. The van der Waals surface area contributed by atoms with Gasteiger partial charge >= 0.3 is 0 Å². The van der Waals surface area contributed by atoms with Crippen molar-refractivity contribution in [2.45, 2.75) is 25.7 Å². The van der Waals surface area contributed by atoms with Gasteiger partial charge in [-0.2, -0.15) is 0 Å². The van der Waals surface area contributed by atoms with Gasteiger partial charge in [-0.1, -0.05) is 18.2 Å². The predicted octanol–water partition coefficient (Wildman–Crippen LogP) is 2.69. The fourth-order valence-electron chi connectivity index (χ4n) is 3.83. The first kappa shape index (κ1) is 15.7. The number of quaternary nitrogens is 2. The van der Waals surface area contributed by atoms with Gasteiger partial charge in [0, 0.05) is 30.3 Å². The van der Waals surface area contributed by atoms with Gasteiger partial charge in [0.25, 0.3) is 0 Å². The lowest BCUT2D eigenvalue weighted by Gasteiger charge is -2.29. The van der Waals surface area contributed by atoms with Crippen LogP contribution < -0.4 is 10.1 Å². The number of aryl methyl sites for hydroxylation is 2. The molecule has 2 N–H and O–H groups in total. The molecule has 2 unspecified atom stereocenters. The minimum absolute atomic E-state index is 0.00440. The molecule has 0 radical (unpaired) electrons. The van der Waals surface area contributed by atoms with Crippen molar-refractivity contribution in [1.29, 1.82) is 0 Å². The van der Waals surface area contributed by atoms with Gasteiger partial charge in [0.15, 0.2) is 0 Å². The molecule has 4 heteroatoms. The SMILES string of the molecule is [O-][NH+](C1=CCC2=CCC2=C1)c1cccc([NH+]([O-])c2ccc3c(c2)CC3)c1. The van der Waals surface area contributed by atoms with Gasteiger partial charge in [-0.15, -0.1) is 0 Å². The molecule has 0 aliphatic heterocycles. The number of benzene rings is 2. The number of nitrogens with one attached hydrogen (secondary N) is 2. The molecule has 3 aliphatic rings. The Morgan fingerprint density at radius 1 is 0.692 bits per heavy atom. The zero-order valence-corrected chi connectivity index (χ0v) is 14.4. The number of allylic oxidation sites excluding steroid dienone is 5. The van der Waals surface area contributed by atoms with Crippen molar-refractivity contribution >= 4 is 17.1 Å². The van der Waals surface area contributed by atoms with Crippen LogP contribution in [-0.2, 0) is 12.8 Å². The summed E-state index contributed by atoms with van der Waals surface area (Å²) in [6.45, 7) is 0. The van der Waals surface area contributed by atoms with E-state index in [9.17, 15) is 10.4 Å². The first-order valence-electron chi connectivity index (χ1n) is 9.10. The van der Waals surface area contributed by atoms with Gasteiger partial charge in [-0.05, 0) is 54.0 Å². The van der Waals surface area contributed by atoms with Crippen LogP contribution in [0.5, 0.6) is 0 Å². The van der Waals surface area contributed by atoms with Crippen molar-refractivity contribution < 1.29 is 10.1 Å². The second kappa shape index (κ2) is 6.04. The van der Waals surface area contributed by atoms with Crippen molar-refractivity contribution in [2.75, 3.05) is 0 Å². The Bertz CT molecular complexity index is 987. The lowest BCUT2D eigenvalue weighted by molar-refractivity contribution is -0.729. The molecule has 0 amide bonds. The van der Waals surface area contributed by atoms with E-state index in [1.165, 1.54) is 22.3 Å². The van der Waals surface area contributed by atoms with E-state index >= 15 is 0 Å². The summed E-state index contributed by atoms with van der Waals surface area (Å²) < 4.78 is 0. The Kier molecular flexibility index (Phi) is 3.65. The summed E-state index contributed by atoms with van der Waals surface area (Å²) in [4.78, 5) is 0. The molecule has 2 atom stereocenters. The molecule has 0 aromatic heterocycles. The van der Waals surface area contributed by atoms with E-state index in [1.807, 2.05) is 30.4 Å².